The van der Waals surface area contributed by atoms with Gasteiger partial charge in [0.2, 0.25) is 0 Å². The summed E-state index contributed by atoms with van der Waals surface area (Å²) in [5, 5.41) is 0. The Morgan fingerprint density at radius 1 is 1.20 bits per heavy atom. The van der Waals surface area contributed by atoms with Crippen LogP contribution in [0.15, 0.2) is 24.3 Å². The minimum absolute atomic E-state index is 0.0783. The first-order valence-electron chi connectivity index (χ1n) is 6.71. The maximum atomic E-state index is 12.5. The van der Waals surface area contributed by atoms with Crippen molar-refractivity contribution in [2.24, 2.45) is 11.8 Å². The van der Waals surface area contributed by atoms with Crippen molar-refractivity contribution < 1.29 is 13.2 Å². The van der Waals surface area contributed by atoms with Crippen molar-refractivity contribution >= 4 is 11.8 Å². The fraction of sp³-hybridized carbons (Fsp3) is 0.571. The Labute approximate surface area is 121 Å². The van der Waals surface area contributed by atoms with E-state index in [4.69, 9.17) is 5.84 Å². The van der Waals surface area contributed by atoms with Crippen molar-refractivity contribution in [3.8, 4) is 0 Å². The predicted octanol–water partition coefficient (Wildman–Crippen LogP) is 3.74. The second kappa shape index (κ2) is 6.83. The van der Waals surface area contributed by atoms with Crippen LogP contribution < -0.4 is 11.3 Å². The summed E-state index contributed by atoms with van der Waals surface area (Å²) in [6.45, 7) is 0. The Bertz CT molecular complexity index is 413. The largest absolute Gasteiger partial charge is 0.416 e. The topological polar surface area (TPSA) is 38.0 Å². The van der Waals surface area contributed by atoms with E-state index in [2.05, 4.69) is 5.43 Å². The molecule has 1 aromatic rings. The maximum Gasteiger partial charge on any atom is 0.416 e. The van der Waals surface area contributed by atoms with Crippen LogP contribution in [0.2, 0.25) is 0 Å². The molecule has 1 saturated heterocycles. The molecule has 0 saturated carbocycles. The zero-order valence-electron chi connectivity index (χ0n) is 11.1. The van der Waals surface area contributed by atoms with Gasteiger partial charge in [0.15, 0.2) is 0 Å². The summed E-state index contributed by atoms with van der Waals surface area (Å²) in [5.74, 6) is 8.49. The van der Waals surface area contributed by atoms with Crippen LogP contribution in [0, 0.1) is 5.92 Å². The summed E-state index contributed by atoms with van der Waals surface area (Å²) in [5.41, 5.74) is 2.93. The van der Waals surface area contributed by atoms with E-state index >= 15 is 0 Å². The van der Waals surface area contributed by atoms with Crippen LogP contribution >= 0.6 is 11.8 Å². The van der Waals surface area contributed by atoms with Crippen LogP contribution in [0.25, 0.3) is 0 Å². The number of hydrogen-bond donors (Lipinski definition) is 2. The Hall–Kier alpha value is -0.720. The number of alkyl halides is 3. The molecule has 1 fully saturated rings. The average Bonchev–Trinajstić information content (AvgIpc) is 2.45. The molecule has 1 atom stereocenters. The highest BCUT2D eigenvalue weighted by atomic mass is 32.2. The lowest BCUT2D eigenvalue weighted by Gasteiger charge is -2.26. The number of rotatable bonds is 4. The van der Waals surface area contributed by atoms with Crippen molar-refractivity contribution in [2.45, 2.75) is 31.5 Å². The van der Waals surface area contributed by atoms with E-state index in [-0.39, 0.29) is 6.04 Å². The second-order valence-electron chi connectivity index (χ2n) is 5.13. The number of hydrogen-bond acceptors (Lipinski definition) is 3. The van der Waals surface area contributed by atoms with Gasteiger partial charge in [0.1, 0.15) is 0 Å². The van der Waals surface area contributed by atoms with Crippen LogP contribution in [-0.4, -0.2) is 11.5 Å². The second-order valence-corrected chi connectivity index (χ2v) is 6.36. The van der Waals surface area contributed by atoms with Crippen LogP contribution in [0.1, 0.15) is 36.4 Å². The third-order valence-electron chi connectivity index (χ3n) is 3.75. The lowest BCUT2D eigenvalue weighted by Crippen LogP contribution is -2.30. The van der Waals surface area contributed by atoms with E-state index in [9.17, 15) is 13.2 Å². The summed E-state index contributed by atoms with van der Waals surface area (Å²) in [6.07, 6.45) is -1.10. The van der Waals surface area contributed by atoms with Crippen molar-refractivity contribution in [1.82, 2.24) is 5.43 Å². The quantitative estimate of drug-likeness (QED) is 0.657. The summed E-state index contributed by atoms with van der Waals surface area (Å²) in [4.78, 5) is 0. The van der Waals surface area contributed by atoms with Gasteiger partial charge in [-0.25, -0.2) is 0 Å². The van der Waals surface area contributed by atoms with Crippen molar-refractivity contribution in [1.29, 1.82) is 0 Å². The predicted molar refractivity (Wildman–Crippen MR) is 76.2 cm³/mol. The lowest BCUT2D eigenvalue weighted by molar-refractivity contribution is -0.137. The van der Waals surface area contributed by atoms with Crippen LogP contribution in [0.4, 0.5) is 13.2 Å². The third kappa shape index (κ3) is 4.14. The summed E-state index contributed by atoms with van der Waals surface area (Å²) < 4.78 is 37.6. The number of nitrogens with two attached hydrogens (primary N) is 1. The van der Waals surface area contributed by atoms with Gasteiger partial charge >= 0.3 is 6.18 Å². The molecule has 0 amide bonds. The molecule has 1 heterocycles. The molecule has 0 aliphatic carbocycles. The monoisotopic (exact) mass is 304 g/mol. The first-order chi connectivity index (χ1) is 9.50. The average molecular weight is 304 g/mol. The van der Waals surface area contributed by atoms with E-state index in [0.29, 0.717) is 5.92 Å². The van der Waals surface area contributed by atoms with E-state index in [1.165, 1.54) is 12.1 Å². The van der Waals surface area contributed by atoms with Gasteiger partial charge in [-0.2, -0.15) is 24.9 Å². The molecule has 0 radical (unpaired) electrons. The lowest BCUT2D eigenvalue weighted by atomic mass is 9.91. The SMILES string of the molecule is NNC(CC1CCSCC1)c1ccc(C(F)(F)F)cc1. The smallest absolute Gasteiger partial charge is 0.271 e. The molecule has 1 unspecified atom stereocenters. The van der Waals surface area contributed by atoms with E-state index in [1.807, 2.05) is 11.8 Å². The maximum absolute atomic E-state index is 12.5. The molecule has 112 valence electrons. The molecule has 1 aliphatic rings. The molecule has 6 heteroatoms. The zero-order chi connectivity index (χ0) is 14.6. The van der Waals surface area contributed by atoms with Crippen molar-refractivity contribution in [3.05, 3.63) is 35.4 Å². The van der Waals surface area contributed by atoms with Gasteiger partial charge in [0.25, 0.3) is 0 Å². The molecule has 2 nitrogen and oxygen atoms in total. The highest BCUT2D eigenvalue weighted by molar-refractivity contribution is 7.99. The van der Waals surface area contributed by atoms with Crippen LogP contribution in [0.5, 0.6) is 0 Å². The first-order valence-corrected chi connectivity index (χ1v) is 7.87. The van der Waals surface area contributed by atoms with Crippen molar-refractivity contribution in [2.75, 3.05) is 11.5 Å². The molecule has 0 spiro atoms. The summed E-state index contributed by atoms with van der Waals surface area (Å²) >= 11 is 1.96. The molecular weight excluding hydrogens is 285 g/mol. The molecule has 1 aliphatic heterocycles. The molecular formula is C14H19F3N2S. The van der Waals surface area contributed by atoms with Gasteiger partial charge in [-0.1, -0.05) is 12.1 Å². The molecule has 0 bridgehead atoms. The molecule has 2 rings (SSSR count). The van der Waals surface area contributed by atoms with E-state index in [1.54, 1.807) is 0 Å². The number of benzene rings is 1. The van der Waals surface area contributed by atoms with Gasteiger partial charge in [0, 0.05) is 6.04 Å². The van der Waals surface area contributed by atoms with E-state index < -0.39 is 11.7 Å². The number of thioether (sulfide) groups is 1. The molecule has 1 aromatic carbocycles. The van der Waals surface area contributed by atoms with Gasteiger partial charge in [0.05, 0.1) is 5.56 Å². The minimum atomic E-state index is -4.29. The first kappa shape index (κ1) is 15.7. The fourth-order valence-electron chi connectivity index (χ4n) is 2.52. The Kier molecular flexibility index (Phi) is 5.35. The van der Waals surface area contributed by atoms with Crippen LogP contribution in [-0.2, 0) is 6.18 Å². The zero-order valence-corrected chi connectivity index (χ0v) is 11.9. The van der Waals surface area contributed by atoms with Gasteiger partial charge in [-0.15, -0.1) is 0 Å². The summed E-state index contributed by atoms with van der Waals surface area (Å²) in [6, 6.07) is 5.20. The van der Waals surface area contributed by atoms with Crippen molar-refractivity contribution in [3.63, 3.8) is 0 Å². The number of nitrogens with one attached hydrogen (secondary N) is 1. The van der Waals surface area contributed by atoms with Crippen LogP contribution in [0.3, 0.4) is 0 Å². The molecule has 0 aromatic heterocycles. The highest BCUT2D eigenvalue weighted by Gasteiger charge is 2.30. The highest BCUT2D eigenvalue weighted by Crippen LogP contribution is 2.33. The number of hydrazine groups is 1. The number of halogens is 3. The minimum Gasteiger partial charge on any atom is -0.271 e. The Morgan fingerprint density at radius 2 is 1.80 bits per heavy atom. The van der Waals surface area contributed by atoms with Gasteiger partial charge in [-0.3, -0.25) is 11.3 Å². The standard InChI is InChI=1S/C14H19F3N2S/c15-14(16,17)12-3-1-11(2-4-12)13(19-18)9-10-5-7-20-8-6-10/h1-4,10,13,19H,5-9,18H2. The molecule has 3 N–H and O–H groups in total. The Morgan fingerprint density at radius 3 is 2.30 bits per heavy atom. The normalized spacial score (nSPS) is 19.0. The summed E-state index contributed by atoms with van der Waals surface area (Å²) in [7, 11) is 0. The van der Waals surface area contributed by atoms with Gasteiger partial charge in [-0.05, 0) is 54.4 Å². The van der Waals surface area contributed by atoms with E-state index in [0.717, 1.165) is 48.5 Å². The molecule has 20 heavy (non-hydrogen) atoms. The third-order valence-corrected chi connectivity index (χ3v) is 4.80. The van der Waals surface area contributed by atoms with Gasteiger partial charge < -0.3 is 0 Å². The fourth-order valence-corrected chi connectivity index (χ4v) is 3.72. The Balaban J connectivity index is 2.03.